The third-order valence-electron chi connectivity index (χ3n) is 5.52. The first-order chi connectivity index (χ1) is 7.49. The van der Waals surface area contributed by atoms with Gasteiger partial charge in [-0.25, -0.2) is 0 Å². The summed E-state index contributed by atoms with van der Waals surface area (Å²) in [5.74, 6) is 2.28. The topological polar surface area (TPSA) is 18.5 Å². The molecular weight excluding hydrogens is 224 g/mol. The predicted molar refractivity (Wildman–Crippen MR) is 63.4 cm³/mol. The van der Waals surface area contributed by atoms with Gasteiger partial charge < -0.3 is 9.47 Å². The fourth-order valence-electron chi connectivity index (χ4n) is 4.07. The van der Waals surface area contributed by atoms with E-state index < -0.39 is 0 Å². The molecule has 3 heteroatoms. The predicted octanol–water partition coefficient (Wildman–Crippen LogP) is 3.04. The standard InChI is InChI=1S/C13H21ClO2/c1-8-11-4-9(12(8,2)3)5-13(11)15-7-10(6-14)16-13/h8-11H,4-7H2,1-3H3/t8-,9+,10+,11-,13-/m1/s1. The molecule has 0 aromatic carbocycles. The van der Waals surface area contributed by atoms with E-state index in [2.05, 4.69) is 20.8 Å². The van der Waals surface area contributed by atoms with E-state index in [-0.39, 0.29) is 11.9 Å². The van der Waals surface area contributed by atoms with Gasteiger partial charge in [0.1, 0.15) is 0 Å². The number of ether oxygens (including phenoxy) is 2. The minimum absolute atomic E-state index is 0.108. The van der Waals surface area contributed by atoms with Gasteiger partial charge in [0.25, 0.3) is 0 Å². The Labute approximate surface area is 103 Å². The Balaban J connectivity index is 1.83. The lowest BCUT2D eigenvalue weighted by Gasteiger charge is -2.44. The fourth-order valence-corrected chi connectivity index (χ4v) is 4.22. The van der Waals surface area contributed by atoms with Crippen LogP contribution >= 0.6 is 11.6 Å². The maximum Gasteiger partial charge on any atom is 0.172 e. The molecule has 1 heterocycles. The van der Waals surface area contributed by atoms with Gasteiger partial charge >= 0.3 is 0 Å². The molecule has 0 aromatic rings. The van der Waals surface area contributed by atoms with Gasteiger partial charge in [-0.15, -0.1) is 11.6 Å². The molecule has 2 saturated carbocycles. The molecule has 1 saturated heterocycles. The molecule has 1 aliphatic heterocycles. The van der Waals surface area contributed by atoms with Gasteiger partial charge in [-0.2, -0.15) is 0 Å². The Kier molecular flexibility index (Phi) is 2.38. The Hall–Kier alpha value is 0.210. The molecule has 2 nitrogen and oxygen atoms in total. The van der Waals surface area contributed by atoms with E-state index >= 15 is 0 Å². The average molecular weight is 245 g/mol. The van der Waals surface area contributed by atoms with Gasteiger partial charge in [0.05, 0.1) is 18.6 Å². The Bertz CT molecular complexity index is 300. The summed E-state index contributed by atoms with van der Waals surface area (Å²) in [7, 11) is 0. The lowest BCUT2D eigenvalue weighted by atomic mass is 9.67. The Morgan fingerprint density at radius 1 is 1.38 bits per heavy atom. The first kappa shape index (κ1) is 11.3. The summed E-state index contributed by atoms with van der Waals surface area (Å²) in [6.07, 6.45) is 2.45. The molecule has 5 atom stereocenters. The highest BCUT2D eigenvalue weighted by Crippen LogP contribution is 2.65. The highest BCUT2D eigenvalue weighted by atomic mass is 35.5. The molecule has 16 heavy (non-hydrogen) atoms. The minimum Gasteiger partial charge on any atom is -0.347 e. The maximum absolute atomic E-state index is 6.10. The number of rotatable bonds is 1. The lowest BCUT2D eigenvalue weighted by molar-refractivity contribution is -0.221. The molecule has 92 valence electrons. The van der Waals surface area contributed by atoms with Crippen LogP contribution in [0.5, 0.6) is 0 Å². The van der Waals surface area contributed by atoms with Crippen molar-refractivity contribution in [3.05, 3.63) is 0 Å². The lowest BCUT2D eigenvalue weighted by Crippen LogP contribution is -2.46. The van der Waals surface area contributed by atoms with Crippen LogP contribution in [0.25, 0.3) is 0 Å². The molecular formula is C13H21ClO2. The largest absolute Gasteiger partial charge is 0.347 e. The van der Waals surface area contributed by atoms with E-state index in [4.69, 9.17) is 21.1 Å². The average Bonchev–Trinajstić information content (AvgIpc) is 2.87. The van der Waals surface area contributed by atoms with Crippen molar-refractivity contribution < 1.29 is 9.47 Å². The first-order valence-corrected chi connectivity index (χ1v) is 6.91. The Morgan fingerprint density at radius 3 is 2.62 bits per heavy atom. The first-order valence-electron chi connectivity index (χ1n) is 6.37. The quantitative estimate of drug-likeness (QED) is 0.660. The number of hydrogen-bond donors (Lipinski definition) is 0. The Morgan fingerprint density at radius 2 is 2.12 bits per heavy atom. The smallest absolute Gasteiger partial charge is 0.172 e. The van der Waals surface area contributed by atoms with Crippen LogP contribution in [0.4, 0.5) is 0 Å². The van der Waals surface area contributed by atoms with Crippen LogP contribution < -0.4 is 0 Å². The molecule has 3 aliphatic rings. The third kappa shape index (κ3) is 1.27. The summed E-state index contributed by atoms with van der Waals surface area (Å²) in [6.45, 7) is 7.82. The van der Waals surface area contributed by atoms with Crippen molar-refractivity contribution in [3.63, 3.8) is 0 Å². The van der Waals surface area contributed by atoms with Gasteiger partial charge in [-0.05, 0) is 23.7 Å². The summed E-state index contributed by atoms with van der Waals surface area (Å²) in [6, 6.07) is 0. The highest BCUT2D eigenvalue weighted by molar-refractivity contribution is 6.18. The van der Waals surface area contributed by atoms with E-state index in [1.807, 2.05) is 0 Å². The van der Waals surface area contributed by atoms with Crippen molar-refractivity contribution in [1.82, 2.24) is 0 Å². The number of halogens is 1. The zero-order chi connectivity index (χ0) is 11.6. The third-order valence-corrected chi connectivity index (χ3v) is 5.86. The normalized spacial score (nSPS) is 54.0. The second-order valence-corrected chi connectivity index (χ2v) is 6.68. The minimum atomic E-state index is -0.279. The van der Waals surface area contributed by atoms with E-state index in [1.165, 1.54) is 6.42 Å². The van der Waals surface area contributed by atoms with Crippen LogP contribution in [-0.4, -0.2) is 24.4 Å². The number of alkyl halides is 1. The highest BCUT2D eigenvalue weighted by Gasteiger charge is 2.65. The van der Waals surface area contributed by atoms with Crippen molar-refractivity contribution in [1.29, 1.82) is 0 Å². The molecule has 3 fully saturated rings. The number of fused-ring (bicyclic) bond motifs is 3. The van der Waals surface area contributed by atoms with Gasteiger partial charge in [0.2, 0.25) is 0 Å². The van der Waals surface area contributed by atoms with Crippen molar-refractivity contribution >= 4 is 11.6 Å². The second-order valence-electron chi connectivity index (χ2n) is 6.37. The van der Waals surface area contributed by atoms with Crippen molar-refractivity contribution in [2.24, 2.45) is 23.2 Å². The SMILES string of the molecule is C[C@@H]1[C@H]2C[C@@H](C[C@]23OC[C@H](CCl)O3)C1(C)C. The monoisotopic (exact) mass is 244 g/mol. The van der Waals surface area contributed by atoms with Crippen molar-refractivity contribution in [2.45, 2.75) is 45.5 Å². The molecule has 0 N–H and O–H groups in total. The molecule has 0 unspecified atom stereocenters. The van der Waals surface area contributed by atoms with E-state index in [9.17, 15) is 0 Å². The molecule has 0 amide bonds. The molecule has 1 spiro atoms. The molecule has 0 radical (unpaired) electrons. The summed E-state index contributed by atoms with van der Waals surface area (Å²) < 4.78 is 12.1. The van der Waals surface area contributed by atoms with Crippen LogP contribution in [0.1, 0.15) is 33.6 Å². The summed E-state index contributed by atoms with van der Waals surface area (Å²) >= 11 is 5.86. The molecule has 3 rings (SSSR count). The van der Waals surface area contributed by atoms with E-state index in [0.717, 1.165) is 12.3 Å². The number of hydrogen-bond acceptors (Lipinski definition) is 2. The molecule has 2 bridgehead atoms. The summed E-state index contributed by atoms with van der Waals surface area (Å²) in [5, 5.41) is 0. The molecule has 0 aromatic heterocycles. The van der Waals surface area contributed by atoms with Crippen LogP contribution in [0.15, 0.2) is 0 Å². The zero-order valence-corrected chi connectivity index (χ0v) is 11.1. The fraction of sp³-hybridized carbons (Fsp3) is 1.00. The van der Waals surface area contributed by atoms with Crippen LogP contribution in [0.3, 0.4) is 0 Å². The van der Waals surface area contributed by atoms with Crippen LogP contribution in [-0.2, 0) is 9.47 Å². The second kappa shape index (κ2) is 3.37. The summed E-state index contributed by atoms with van der Waals surface area (Å²) in [4.78, 5) is 0. The van der Waals surface area contributed by atoms with E-state index in [1.54, 1.807) is 0 Å². The molecule has 2 aliphatic carbocycles. The van der Waals surface area contributed by atoms with Gasteiger partial charge in [-0.3, -0.25) is 0 Å². The van der Waals surface area contributed by atoms with Crippen LogP contribution in [0, 0.1) is 23.2 Å². The zero-order valence-electron chi connectivity index (χ0n) is 10.3. The van der Waals surface area contributed by atoms with Crippen LogP contribution in [0.2, 0.25) is 0 Å². The van der Waals surface area contributed by atoms with E-state index in [0.29, 0.717) is 29.7 Å². The van der Waals surface area contributed by atoms with Gasteiger partial charge in [0, 0.05) is 12.3 Å². The van der Waals surface area contributed by atoms with Crippen molar-refractivity contribution in [3.8, 4) is 0 Å². The maximum atomic E-state index is 6.10. The van der Waals surface area contributed by atoms with Gasteiger partial charge in [0.15, 0.2) is 5.79 Å². The van der Waals surface area contributed by atoms with Crippen molar-refractivity contribution in [2.75, 3.05) is 12.5 Å². The summed E-state index contributed by atoms with van der Waals surface area (Å²) in [5.41, 5.74) is 0.446. The van der Waals surface area contributed by atoms with Gasteiger partial charge in [-0.1, -0.05) is 20.8 Å².